The smallest absolute Gasteiger partial charge is 0.229 e. The highest BCUT2D eigenvalue weighted by atomic mass is 35.5. The van der Waals surface area contributed by atoms with Crippen LogP contribution in [0, 0.1) is 12.8 Å². The van der Waals surface area contributed by atoms with Crippen LogP contribution >= 0.6 is 11.6 Å². The first-order valence-corrected chi connectivity index (χ1v) is 12.5. The summed E-state index contributed by atoms with van der Waals surface area (Å²) in [5.41, 5.74) is 2.93. The van der Waals surface area contributed by atoms with E-state index in [1.807, 2.05) is 36.1 Å². The molecular formula is C27H32ClN5O4. The van der Waals surface area contributed by atoms with Gasteiger partial charge in [0, 0.05) is 37.5 Å². The Hall–Kier alpha value is -3.72. The highest BCUT2D eigenvalue weighted by Gasteiger charge is 2.28. The van der Waals surface area contributed by atoms with Gasteiger partial charge in [-0.2, -0.15) is 4.98 Å². The number of carbonyl (C=O) groups excluding carboxylic acids is 1. The molecule has 196 valence electrons. The molecule has 3 aromatic rings. The first-order chi connectivity index (χ1) is 17.9. The van der Waals surface area contributed by atoms with E-state index in [9.17, 15) is 4.79 Å². The van der Waals surface area contributed by atoms with Crippen molar-refractivity contribution in [2.45, 2.75) is 26.3 Å². The molecule has 1 atom stereocenters. The van der Waals surface area contributed by atoms with E-state index in [4.69, 9.17) is 25.8 Å². The lowest BCUT2D eigenvalue weighted by Crippen LogP contribution is -2.43. The molecule has 0 unspecified atom stereocenters. The topological polar surface area (TPSA) is 97.8 Å². The van der Waals surface area contributed by atoms with Crippen molar-refractivity contribution in [2.75, 3.05) is 44.6 Å². The zero-order valence-electron chi connectivity index (χ0n) is 21.5. The molecule has 9 nitrogen and oxygen atoms in total. The second-order valence-electron chi connectivity index (χ2n) is 8.89. The maximum Gasteiger partial charge on any atom is 0.229 e. The number of benzene rings is 2. The number of nitrogens with one attached hydrogen (secondary N) is 2. The van der Waals surface area contributed by atoms with Gasteiger partial charge in [-0.05, 0) is 25.3 Å². The summed E-state index contributed by atoms with van der Waals surface area (Å²) in [6.45, 7) is 3.83. The van der Waals surface area contributed by atoms with Crippen LogP contribution in [-0.4, -0.2) is 50.3 Å². The Morgan fingerprint density at radius 1 is 1.11 bits per heavy atom. The third-order valence-electron chi connectivity index (χ3n) is 6.33. The molecule has 0 radical (unpaired) electrons. The molecular weight excluding hydrogens is 494 g/mol. The summed E-state index contributed by atoms with van der Waals surface area (Å²) in [6, 6.07) is 11.7. The molecule has 37 heavy (non-hydrogen) atoms. The highest BCUT2D eigenvalue weighted by molar-refractivity contribution is 6.32. The number of halogens is 1. The maximum atomic E-state index is 12.9. The number of piperidine rings is 1. The molecule has 1 aliphatic rings. The summed E-state index contributed by atoms with van der Waals surface area (Å²) < 4.78 is 16.2. The van der Waals surface area contributed by atoms with Crippen LogP contribution in [-0.2, 0) is 11.3 Å². The van der Waals surface area contributed by atoms with Crippen molar-refractivity contribution in [3.8, 4) is 17.2 Å². The number of ether oxygens (including phenoxy) is 3. The minimum absolute atomic E-state index is 0.0335. The molecule has 1 aromatic heterocycles. The first kappa shape index (κ1) is 26.3. The van der Waals surface area contributed by atoms with Crippen LogP contribution in [0.5, 0.6) is 17.2 Å². The molecule has 0 spiro atoms. The molecule has 10 heteroatoms. The van der Waals surface area contributed by atoms with Crippen LogP contribution < -0.4 is 29.7 Å². The summed E-state index contributed by atoms with van der Waals surface area (Å²) in [4.78, 5) is 24.0. The average molecular weight is 526 g/mol. The van der Waals surface area contributed by atoms with Gasteiger partial charge >= 0.3 is 0 Å². The summed E-state index contributed by atoms with van der Waals surface area (Å²) in [5, 5.41) is 6.68. The fourth-order valence-corrected chi connectivity index (χ4v) is 4.56. The second kappa shape index (κ2) is 12.0. The molecule has 1 fully saturated rings. The van der Waals surface area contributed by atoms with E-state index in [1.54, 1.807) is 39.7 Å². The van der Waals surface area contributed by atoms with Gasteiger partial charge in [0.2, 0.25) is 17.6 Å². The lowest BCUT2D eigenvalue weighted by Gasteiger charge is -2.33. The molecule has 2 aromatic carbocycles. The Labute approximate surface area is 222 Å². The molecule has 4 rings (SSSR count). The number of rotatable bonds is 9. The van der Waals surface area contributed by atoms with Crippen molar-refractivity contribution in [2.24, 2.45) is 5.92 Å². The minimum Gasteiger partial charge on any atom is -0.493 e. The monoisotopic (exact) mass is 525 g/mol. The predicted molar refractivity (Wildman–Crippen MR) is 144 cm³/mol. The van der Waals surface area contributed by atoms with Crippen molar-refractivity contribution >= 4 is 35.0 Å². The van der Waals surface area contributed by atoms with E-state index in [2.05, 4.69) is 20.6 Å². The van der Waals surface area contributed by atoms with Crippen LogP contribution in [0.4, 0.5) is 17.5 Å². The van der Waals surface area contributed by atoms with Crippen LogP contribution in [0.3, 0.4) is 0 Å². The zero-order chi connectivity index (χ0) is 26.4. The Kier molecular flexibility index (Phi) is 8.55. The lowest BCUT2D eigenvalue weighted by molar-refractivity contribution is -0.125. The fourth-order valence-electron chi connectivity index (χ4n) is 4.35. The molecule has 2 N–H and O–H groups in total. The Balaban J connectivity index is 1.46. The molecule has 0 bridgehead atoms. The van der Waals surface area contributed by atoms with E-state index >= 15 is 0 Å². The van der Waals surface area contributed by atoms with Gasteiger partial charge in [0.05, 0.1) is 33.4 Å². The molecule has 0 aliphatic carbocycles. The van der Waals surface area contributed by atoms with Gasteiger partial charge in [-0.1, -0.05) is 41.4 Å². The van der Waals surface area contributed by atoms with Gasteiger partial charge in [0.1, 0.15) is 5.02 Å². The van der Waals surface area contributed by atoms with Gasteiger partial charge in [-0.25, -0.2) is 4.98 Å². The standard InChI is InChI=1S/C27H32ClN5O4/c1-17-7-9-18(10-8-17)14-29-26(34)19-6-5-11-33(16-19)25-21(28)15-30-27(32-25)31-20-12-22(35-2)24(37-4)23(13-20)36-3/h7-10,12-13,15,19H,5-6,11,14,16H2,1-4H3,(H,29,34)(H,30,31,32)/t19-/m0/s1. The molecule has 1 aliphatic heterocycles. The van der Waals surface area contributed by atoms with Crippen LogP contribution in [0.1, 0.15) is 24.0 Å². The van der Waals surface area contributed by atoms with Crippen LogP contribution in [0.25, 0.3) is 0 Å². The average Bonchev–Trinajstić information content (AvgIpc) is 2.93. The molecule has 2 heterocycles. The van der Waals surface area contributed by atoms with E-state index < -0.39 is 0 Å². The predicted octanol–water partition coefficient (Wildman–Crippen LogP) is 4.74. The molecule has 0 saturated carbocycles. The molecule has 1 amide bonds. The quantitative estimate of drug-likeness (QED) is 0.413. The van der Waals surface area contributed by atoms with E-state index in [0.29, 0.717) is 52.8 Å². The van der Waals surface area contributed by atoms with Gasteiger partial charge in [-0.3, -0.25) is 4.79 Å². The van der Waals surface area contributed by atoms with Gasteiger partial charge in [0.25, 0.3) is 0 Å². The first-order valence-electron chi connectivity index (χ1n) is 12.1. The Morgan fingerprint density at radius 2 is 1.81 bits per heavy atom. The maximum absolute atomic E-state index is 12.9. The number of nitrogens with zero attached hydrogens (tertiary/aromatic N) is 3. The number of hydrogen-bond acceptors (Lipinski definition) is 8. The second-order valence-corrected chi connectivity index (χ2v) is 9.30. The minimum atomic E-state index is -0.156. The summed E-state index contributed by atoms with van der Waals surface area (Å²) in [7, 11) is 4.67. The number of hydrogen-bond donors (Lipinski definition) is 2. The highest BCUT2D eigenvalue weighted by Crippen LogP contribution is 2.40. The van der Waals surface area contributed by atoms with Gasteiger partial charge in [0.15, 0.2) is 17.3 Å². The van der Waals surface area contributed by atoms with Crippen molar-refractivity contribution in [3.63, 3.8) is 0 Å². The van der Waals surface area contributed by atoms with E-state index in [1.165, 1.54) is 5.56 Å². The number of aromatic nitrogens is 2. The van der Waals surface area contributed by atoms with Crippen LogP contribution in [0.2, 0.25) is 5.02 Å². The molecule has 1 saturated heterocycles. The third kappa shape index (κ3) is 6.35. The third-order valence-corrected chi connectivity index (χ3v) is 6.59. The number of methoxy groups -OCH3 is 3. The van der Waals surface area contributed by atoms with Crippen molar-refractivity contribution in [3.05, 3.63) is 58.7 Å². The summed E-state index contributed by atoms with van der Waals surface area (Å²) in [5.74, 6) is 2.33. The van der Waals surface area contributed by atoms with E-state index in [0.717, 1.165) is 24.9 Å². The van der Waals surface area contributed by atoms with Crippen LogP contribution in [0.15, 0.2) is 42.6 Å². The fraction of sp³-hybridized carbons (Fsp3) is 0.370. The Bertz CT molecular complexity index is 1210. The van der Waals surface area contributed by atoms with Gasteiger partial charge in [-0.15, -0.1) is 0 Å². The SMILES string of the molecule is COc1cc(Nc2ncc(Cl)c(N3CCC[C@H](C(=O)NCc4ccc(C)cc4)C3)n2)cc(OC)c1OC. The summed E-state index contributed by atoms with van der Waals surface area (Å²) >= 11 is 6.50. The Morgan fingerprint density at radius 3 is 2.46 bits per heavy atom. The van der Waals surface area contributed by atoms with Crippen molar-refractivity contribution in [1.29, 1.82) is 0 Å². The number of carbonyl (C=O) groups is 1. The largest absolute Gasteiger partial charge is 0.493 e. The van der Waals surface area contributed by atoms with Crippen molar-refractivity contribution < 1.29 is 19.0 Å². The zero-order valence-corrected chi connectivity index (χ0v) is 22.3. The number of anilines is 3. The summed E-state index contributed by atoms with van der Waals surface area (Å²) in [6.07, 6.45) is 3.24. The van der Waals surface area contributed by atoms with Gasteiger partial charge < -0.3 is 29.7 Å². The van der Waals surface area contributed by atoms with E-state index in [-0.39, 0.29) is 11.8 Å². The lowest BCUT2D eigenvalue weighted by atomic mass is 9.97. The normalized spacial score (nSPS) is 15.2. The van der Waals surface area contributed by atoms with Crippen molar-refractivity contribution in [1.82, 2.24) is 15.3 Å². The number of amides is 1. The number of aryl methyl sites for hydroxylation is 1.